The molecule has 4 saturated carbocycles. The Bertz CT molecular complexity index is 872. The minimum Gasteiger partial charge on any atom is -0.490 e. The zero-order chi connectivity index (χ0) is 25.8. The van der Waals surface area contributed by atoms with Gasteiger partial charge in [-0.05, 0) is 118 Å². The van der Waals surface area contributed by atoms with Crippen molar-refractivity contribution in [3.63, 3.8) is 0 Å². The Morgan fingerprint density at radius 3 is 2.16 bits per heavy atom. The van der Waals surface area contributed by atoms with E-state index in [1.165, 1.54) is 115 Å². The predicted molar refractivity (Wildman–Crippen MR) is 151 cm³/mol. The molecule has 0 spiro atoms. The molecule has 6 aliphatic rings. The smallest absolute Gasteiger partial charge is 0.227 e. The molecule has 3 unspecified atom stereocenters. The number of benzene rings is 1. The van der Waals surface area contributed by atoms with Crippen molar-refractivity contribution in [2.45, 2.75) is 134 Å². The summed E-state index contributed by atoms with van der Waals surface area (Å²) < 4.78 is 13.0. The summed E-state index contributed by atoms with van der Waals surface area (Å²) in [5.41, 5.74) is 2.47. The highest BCUT2D eigenvalue weighted by Gasteiger charge is 2.45. The molecule has 4 aliphatic carbocycles. The SMILES string of the molecule is COC1(c2cc(CCC3CCCCCC3)cc(OC3CCCCC3)c2)CC2CC3CC(COO1)CC(C3)C2. The third kappa shape index (κ3) is 6.61. The van der Waals surface area contributed by atoms with Gasteiger partial charge in [-0.25, -0.2) is 4.89 Å². The van der Waals surface area contributed by atoms with Crippen LogP contribution < -0.4 is 4.74 Å². The molecule has 1 aromatic carbocycles. The topological polar surface area (TPSA) is 36.9 Å². The molecule has 212 valence electrons. The van der Waals surface area contributed by atoms with E-state index >= 15 is 0 Å². The summed E-state index contributed by atoms with van der Waals surface area (Å²) in [5.74, 6) is 3.96. The largest absolute Gasteiger partial charge is 0.490 e. The highest BCUT2D eigenvalue weighted by Crippen LogP contribution is 2.50. The zero-order valence-electron chi connectivity index (χ0n) is 24.0. The van der Waals surface area contributed by atoms with E-state index in [-0.39, 0.29) is 0 Å². The van der Waals surface area contributed by atoms with Crippen LogP contribution in [0.2, 0.25) is 0 Å². The fourth-order valence-corrected chi connectivity index (χ4v) is 8.96. The van der Waals surface area contributed by atoms with Crippen LogP contribution >= 0.6 is 0 Å². The van der Waals surface area contributed by atoms with Crippen LogP contribution in [-0.4, -0.2) is 19.8 Å². The molecule has 6 fully saturated rings. The van der Waals surface area contributed by atoms with E-state index in [4.69, 9.17) is 19.2 Å². The number of ether oxygens (including phenoxy) is 2. The average Bonchev–Trinajstić information content (AvgIpc) is 3.20. The minimum atomic E-state index is -0.862. The van der Waals surface area contributed by atoms with Gasteiger partial charge in [0.2, 0.25) is 5.79 Å². The van der Waals surface area contributed by atoms with Crippen LogP contribution in [0.3, 0.4) is 0 Å². The van der Waals surface area contributed by atoms with Gasteiger partial charge in [0.15, 0.2) is 0 Å². The Hall–Kier alpha value is -1.10. The second kappa shape index (κ2) is 12.6. The maximum atomic E-state index is 6.68. The summed E-state index contributed by atoms with van der Waals surface area (Å²) in [7, 11) is 1.82. The first-order chi connectivity index (χ1) is 18.7. The van der Waals surface area contributed by atoms with Gasteiger partial charge in [0.05, 0.1) is 12.7 Å². The molecule has 0 aromatic heterocycles. The lowest BCUT2D eigenvalue weighted by molar-refractivity contribution is -0.444. The minimum absolute atomic E-state index is 0.333. The molecule has 1 aromatic rings. The van der Waals surface area contributed by atoms with E-state index in [1.54, 1.807) is 0 Å². The molecule has 0 radical (unpaired) electrons. The van der Waals surface area contributed by atoms with Crippen LogP contribution in [0.1, 0.15) is 127 Å². The fraction of sp³-hybridized carbons (Fsp3) is 0.824. The molecule has 0 amide bonds. The van der Waals surface area contributed by atoms with Crippen molar-refractivity contribution in [1.82, 2.24) is 0 Å². The first-order valence-corrected chi connectivity index (χ1v) is 16.3. The first kappa shape index (κ1) is 27.1. The molecular weight excluding hydrogens is 472 g/mol. The van der Waals surface area contributed by atoms with Gasteiger partial charge in [-0.3, -0.25) is 0 Å². The Kier molecular flexibility index (Phi) is 8.99. The Morgan fingerprint density at radius 2 is 1.42 bits per heavy atom. The van der Waals surface area contributed by atoms with Crippen LogP contribution in [0.15, 0.2) is 18.2 Å². The third-order valence-corrected chi connectivity index (χ3v) is 10.8. The fourth-order valence-electron chi connectivity index (χ4n) is 8.96. The molecule has 4 heteroatoms. The van der Waals surface area contributed by atoms with Crippen molar-refractivity contribution in [2.24, 2.45) is 29.6 Å². The van der Waals surface area contributed by atoms with Crippen LogP contribution in [0.4, 0.5) is 0 Å². The molecule has 0 N–H and O–H groups in total. The normalized spacial score (nSPS) is 35.2. The van der Waals surface area contributed by atoms with E-state index in [1.807, 2.05) is 7.11 Å². The standard InChI is InChI=1S/C34H52O4/c1-35-34(23-29-16-27-15-28(17-29)19-30(18-27)24-36-38-34)31-20-26(14-13-25-9-5-2-3-6-10-25)21-33(22-31)37-32-11-7-4-8-12-32/h20-22,25,27-30,32H,2-19,23-24H2,1H3. The highest BCUT2D eigenvalue weighted by molar-refractivity contribution is 5.37. The summed E-state index contributed by atoms with van der Waals surface area (Å²) in [6, 6.07) is 6.92. The van der Waals surface area contributed by atoms with Gasteiger partial charge in [0, 0.05) is 19.1 Å². The molecule has 7 rings (SSSR count). The van der Waals surface area contributed by atoms with Crippen LogP contribution in [-0.2, 0) is 26.7 Å². The van der Waals surface area contributed by atoms with Crippen molar-refractivity contribution >= 4 is 0 Å². The predicted octanol–water partition coefficient (Wildman–Crippen LogP) is 8.89. The Morgan fingerprint density at radius 1 is 0.763 bits per heavy atom. The molecule has 3 atom stereocenters. The number of hydrogen-bond acceptors (Lipinski definition) is 4. The zero-order valence-corrected chi connectivity index (χ0v) is 24.0. The summed E-state index contributed by atoms with van der Waals surface area (Å²) in [6.45, 7) is 0.690. The lowest BCUT2D eigenvalue weighted by atomic mass is 9.63. The quantitative estimate of drug-likeness (QED) is 0.264. The summed E-state index contributed by atoms with van der Waals surface area (Å²) in [6.07, 6.45) is 24.9. The molecule has 4 bridgehead atoms. The van der Waals surface area contributed by atoms with Crippen molar-refractivity contribution in [3.8, 4) is 5.75 Å². The maximum Gasteiger partial charge on any atom is 0.227 e. The van der Waals surface area contributed by atoms with Gasteiger partial charge in [-0.1, -0.05) is 51.0 Å². The van der Waals surface area contributed by atoms with Gasteiger partial charge >= 0.3 is 0 Å². The monoisotopic (exact) mass is 524 g/mol. The van der Waals surface area contributed by atoms with E-state index in [2.05, 4.69) is 18.2 Å². The Balaban J connectivity index is 1.27. The second-order valence-electron chi connectivity index (χ2n) is 13.8. The van der Waals surface area contributed by atoms with Crippen LogP contribution in [0.5, 0.6) is 5.75 Å². The van der Waals surface area contributed by atoms with Gasteiger partial charge < -0.3 is 9.47 Å². The van der Waals surface area contributed by atoms with Crippen LogP contribution in [0.25, 0.3) is 0 Å². The molecule has 38 heavy (non-hydrogen) atoms. The van der Waals surface area contributed by atoms with Gasteiger partial charge in [-0.15, -0.1) is 0 Å². The van der Waals surface area contributed by atoms with Crippen LogP contribution in [0, 0.1) is 29.6 Å². The van der Waals surface area contributed by atoms with E-state index < -0.39 is 5.79 Å². The molecular formula is C34H52O4. The van der Waals surface area contributed by atoms with Gasteiger partial charge in [0.25, 0.3) is 0 Å². The van der Waals surface area contributed by atoms with Crippen molar-refractivity contribution < 1.29 is 19.2 Å². The number of rotatable bonds is 7. The van der Waals surface area contributed by atoms with Crippen molar-refractivity contribution in [1.29, 1.82) is 0 Å². The van der Waals surface area contributed by atoms with Gasteiger partial charge in [0.1, 0.15) is 5.75 Å². The first-order valence-electron chi connectivity index (χ1n) is 16.3. The number of methoxy groups -OCH3 is 1. The molecule has 2 aliphatic heterocycles. The maximum absolute atomic E-state index is 6.68. The number of hydrogen-bond donors (Lipinski definition) is 0. The molecule has 4 nitrogen and oxygen atoms in total. The highest BCUT2D eigenvalue weighted by atomic mass is 17.2. The number of aryl methyl sites for hydroxylation is 1. The lowest BCUT2D eigenvalue weighted by Gasteiger charge is -2.46. The lowest BCUT2D eigenvalue weighted by Crippen LogP contribution is -2.41. The summed E-state index contributed by atoms with van der Waals surface area (Å²) in [5, 5.41) is 0. The molecule has 2 heterocycles. The van der Waals surface area contributed by atoms with E-state index in [0.29, 0.717) is 24.5 Å². The second-order valence-corrected chi connectivity index (χ2v) is 13.8. The molecule has 2 saturated heterocycles. The third-order valence-electron chi connectivity index (χ3n) is 10.8. The van der Waals surface area contributed by atoms with Gasteiger partial charge in [-0.2, -0.15) is 4.89 Å². The van der Waals surface area contributed by atoms with E-state index in [0.717, 1.165) is 41.9 Å². The summed E-state index contributed by atoms with van der Waals surface area (Å²) in [4.78, 5) is 12.4. The van der Waals surface area contributed by atoms with Crippen molar-refractivity contribution in [2.75, 3.05) is 13.7 Å². The Labute approximate surface area is 231 Å². The van der Waals surface area contributed by atoms with E-state index in [9.17, 15) is 0 Å². The van der Waals surface area contributed by atoms with Crippen molar-refractivity contribution in [3.05, 3.63) is 29.3 Å². The summed E-state index contributed by atoms with van der Waals surface area (Å²) >= 11 is 0. The average molecular weight is 525 g/mol. The number of fused-ring (bicyclic) bond motifs is 4.